The average molecular weight is 866 g/mol. The molecule has 0 aromatic rings. The lowest BCUT2D eigenvalue weighted by Gasteiger charge is -2.28. The number of ether oxygens (including phenoxy) is 2. The van der Waals surface area contributed by atoms with E-state index in [-0.39, 0.29) is 26.2 Å². The zero-order valence-electron chi connectivity index (χ0n) is 38.8. The van der Waals surface area contributed by atoms with Gasteiger partial charge in [-0.05, 0) is 109 Å². The number of unbranched alkanes of at least 4 members (excludes halogenated alkanes) is 4. The molecule has 2 atom stereocenters. The lowest BCUT2D eigenvalue weighted by atomic mass is 10.2. The second kappa shape index (κ2) is 43.3. The predicted molar refractivity (Wildman–Crippen MR) is 258 cm³/mol. The largest absolute Gasteiger partial charge is 0.756 e. The van der Waals surface area contributed by atoms with Crippen molar-refractivity contribution in [3.8, 4) is 0 Å². The Morgan fingerprint density at radius 3 is 1.28 bits per heavy atom. The smallest absolute Gasteiger partial charge is 0.306 e. The predicted octanol–water partition coefficient (Wildman–Crippen LogP) is 13.3. The van der Waals surface area contributed by atoms with Gasteiger partial charge in [0.1, 0.15) is 19.3 Å². The molecule has 0 radical (unpaired) electrons. The Bertz CT molecular complexity index is 1420. The summed E-state index contributed by atoms with van der Waals surface area (Å²) >= 11 is 0. The van der Waals surface area contributed by atoms with Gasteiger partial charge < -0.3 is 27.9 Å². The number of hydrogen-bond donors (Lipinski definition) is 0. The van der Waals surface area contributed by atoms with E-state index < -0.39 is 19.9 Å². The third kappa shape index (κ3) is 47.5. The fourth-order valence-electron chi connectivity index (χ4n) is 5.22. The van der Waals surface area contributed by atoms with Crippen LogP contribution in [0.1, 0.15) is 129 Å². The minimum Gasteiger partial charge on any atom is -0.756 e. The maximum absolute atomic E-state index is 12.7. The summed E-state index contributed by atoms with van der Waals surface area (Å²) in [6.45, 7) is 4.96. The summed E-state index contributed by atoms with van der Waals surface area (Å²) in [5.74, 6) is -0.398. The van der Waals surface area contributed by atoms with Crippen molar-refractivity contribution in [2.75, 3.05) is 54.1 Å². The highest BCUT2D eigenvalue weighted by Gasteiger charge is 2.20. The van der Waals surface area contributed by atoms with E-state index in [9.17, 15) is 14.3 Å². The molecule has 0 aliphatic rings. The maximum atomic E-state index is 12.7. The number of carbonyl (C=O) groups is 1. The summed E-state index contributed by atoms with van der Waals surface area (Å²) < 4.78 is 34.5. The van der Waals surface area contributed by atoms with Gasteiger partial charge in [0.15, 0.2) is 0 Å². The fourth-order valence-corrected chi connectivity index (χ4v) is 5.95. The van der Waals surface area contributed by atoms with Crippen molar-refractivity contribution in [3.63, 3.8) is 0 Å². The van der Waals surface area contributed by atoms with Crippen LogP contribution < -0.4 is 4.89 Å². The van der Waals surface area contributed by atoms with Gasteiger partial charge in [0.25, 0.3) is 7.82 Å². The van der Waals surface area contributed by atoms with Crippen LogP contribution in [0.2, 0.25) is 0 Å². The van der Waals surface area contributed by atoms with Gasteiger partial charge in [-0.2, -0.15) is 0 Å². The molecule has 0 aromatic heterocycles. The van der Waals surface area contributed by atoms with Gasteiger partial charge in [-0.1, -0.05) is 148 Å². The standard InChI is InChI=1S/C52H84NO7P/c1-6-8-10-12-14-16-18-20-22-24-26-27-28-29-31-33-35-37-39-41-43-45-52(54)60-51(50-59-61(55,56)58-48-46-53(3,4)5)49-57-47-44-42-40-38-36-34-32-30-25-23-21-19-17-15-13-11-9-7-2/h8-11,14-17,20-23,26-27,29-32,35-38,51H,6-7,12-13,18-19,24-25,28,33-34,39-50H2,1-5H3/b10-8-,11-9-,16-14-,17-15-,22-20-,23-21-,27-26-,31-29-,32-30-,37-35-,38-36-. The van der Waals surface area contributed by atoms with Gasteiger partial charge in [0.2, 0.25) is 0 Å². The molecule has 9 heteroatoms. The first-order valence-electron chi connectivity index (χ1n) is 22.9. The molecule has 0 N–H and O–H groups in total. The molecule has 61 heavy (non-hydrogen) atoms. The van der Waals surface area contributed by atoms with Gasteiger partial charge in [0.05, 0.1) is 34.4 Å². The van der Waals surface area contributed by atoms with Crippen molar-refractivity contribution in [1.82, 2.24) is 0 Å². The molecule has 0 rings (SSSR count). The Hall–Kier alpha value is -3.36. The zero-order valence-corrected chi connectivity index (χ0v) is 39.7. The van der Waals surface area contributed by atoms with Crippen molar-refractivity contribution < 1.29 is 37.3 Å². The van der Waals surface area contributed by atoms with E-state index in [2.05, 4.69) is 148 Å². The van der Waals surface area contributed by atoms with Crippen LogP contribution in [0, 0.1) is 0 Å². The minimum atomic E-state index is -4.56. The molecular weight excluding hydrogens is 782 g/mol. The number of carbonyl (C=O) groups excluding carboxylic acids is 1. The first-order chi connectivity index (χ1) is 29.6. The zero-order chi connectivity index (χ0) is 44.8. The van der Waals surface area contributed by atoms with Crippen LogP contribution in [0.3, 0.4) is 0 Å². The maximum Gasteiger partial charge on any atom is 0.306 e. The van der Waals surface area contributed by atoms with Crippen LogP contribution in [-0.4, -0.2) is 70.7 Å². The molecule has 0 aromatic carbocycles. The molecule has 0 aliphatic carbocycles. The summed E-state index contributed by atoms with van der Waals surface area (Å²) in [7, 11) is 1.27. The van der Waals surface area contributed by atoms with Gasteiger partial charge in [-0.15, -0.1) is 0 Å². The minimum absolute atomic E-state index is 0.000113. The van der Waals surface area contributed by atoms with Crippen molar-refractivity contribution in [1.29, 1.82) is 0 Å². The van der Waals surface area contributed by atoms with E-state index in [0.717, 1.165) is 103 Å². The third-order valence-electron chi connectivity index (χ3n) is 8.70. The third-order valence-corrected chi connectivity index (χ3v) is 9.66. The quantitative estimate of drug-likeness (QED) is 0.0199. The second-order valence-corrected chi connectivity index (χ2v) is 17.1. The van der Waals surface area contributed by atoms with Gasteiger partial charge >= 0.3 is 5.97 Å². The molecule has 0 amide bonds. The Morgan fingerprint density at radius 1 is 0.508 bits per heavy atom. The second-order valence-electron chi connectivity index (χ2n) is 15.6. The summed E-state index contributed by atoms with van der Waals surface area (Å²) in [6.07, 6.45) is 63.4. The van der Waals surface area contributed by atoms with E-state index in [4.69, 9.17) is 18.5 Å². The van der Waals surface area contributed by atoms with E-state index >= 15 is 0 Å². The highest BCUT2D eigenvalue weighted by molar-refractivity contribution is 7.45. The monoisotopic (exact) mass is 866 g/mol. The first kappa shape index (κ1) is 57.6. The summed E-state index contributed by atoms with van der Waals surface area (Å²) in [5, 5.41) is 0. The lowest BCUT2D eigenvalue weighted by molar-refractivity contribution is -0.870. The molecule has 0 heterocycles. The van der Waals surface area contributed by atoms with Gasteiger partial charge in [-0.25, -0.2) is 0 Å². The van der Waals surface area contributed by atoms with Gasteiger partial charge in [0, 0.05) is 13.0 Å². The molecule has 0 fully saturated rings. The van der Waals surface area contributed by atoms with Crippen molar-refractivity contribution in [2.45, 2.75) is 136 Å². The molecule has 2 unspecified atom stereocenters. The average Bonchev–Trinajstić information content (AvgIpc) is 3.22. The molecular formula is C52H84NO7P. The van der Waals surface area contributed by atoms with E-state index in [1.165, 1.54) is 0 Å². The van der Waals surface area contributed by atoms with Crippen LogP contribution in [0.15, 0.2) is 134 Å². The number of allylic oxidation sites excluding steroid dienone is 22. The van der Waals surface area contributed by atoms with Crippen LogP contribution in [-0.2, 0) is 27.9 Å². The molecule has 0 saturated carbocycles. The number of likely N-dealkylation sites (N-methyl/N-ethyl adjacent to an activating group) is 1. The van der Waals surface area contributed by atoms with Gasteiger partial charge in [-0.3, -0.25) is 9.36 Å². The van der Waals surface area contributed by atoms with Crippen molar-refractivity contribution in [3.05, 3.63) is 134 Å². The van der Waals surface area contributed by atoms with E-state index in [1.54, 1.807) is 0 Å². The lowest BCUT2D eigenvalue weighted by Crippen LogP contribution is -2.37. The van der Waals surface area contributed by atoms with Crippen LogP contribution >= 0.6 is 7.82 Å². The molecule has 0 bridgehead atoms. The normalized spacial score (nSPS) is 14.9. The summed E-state index contributed by atoms with van der Waals surface area (Å²) in [4.78, 5) is 25.1. The Morgan fingerprint density at radius 2 is 0.885 bits per heavy atom. The van der Waals surface area contributed by atoms with E-state index in [1.807, 2.05) is 21.1 Å². The Kier molecular flexibility index (Phi) is 40.9. The molecule has 0 spiro atoms. The Labute approximate surface area is 373 Å². The number of hydrogen-bond acceptors (Lipinski definition) is 7. The number of quaternary nitrogens is 1. The summed E-state index contributed by atoms with van der Waals surface area (Å²) in [6, 6.07) is 0. The number of phosphoric ester groups is 1. The summed E-state index contributed by atoms with van der Waals surface area (Å²) in [5.41, 5.74) is 0. The van der Waals surface area contributed by atoms with Crippen LogP contribution in [0.5, 0.6) is 0 Å². The van der Waals surface area contributed by atoms with Crippen molar-refractivity contribution >= 4 is 13.8 Å². The topological polar surface area (TPSA) is 94.1 Å². The first-order valence-corrected chi connectivity index (χ1v) is 24.4. The van der Waals surface area contributed by atoms with Crippen LogP contribution in [0.4, 0.5) is 0 Å². The van der Waals surface area contributed by atoms with Crippen molar-refractivity contribution in [2.24, 2.45) is 0 Å². The highest BCUT2D eigenvalue weighted by Crippen LogP contribution is 2.38. The molecule has 344 valence electrons. The molecule has 0 saturated heterocycles. The van der Waals surface area contributed by atoms with Crippen LogP contribution in [0.25, 0.3) is 0 Å². The Balaban J connectivity index is 4.43. The number of rotatable bonds is 40. The highest BCUT2D eigenvalue weighted by atomic mass is 31.2. The number of phosphoric acid groups is 1. The SMILES string of the molecule is CC/C=C\C/C=C\C/C=C\C/C=C\C/C=C\C/C=C\CCCCC(=O)OC(COCCCC/C=C\C/C=C\C/C=C\C/C=C\C/C=C\CC)COP(=O)([O-])OCC[N+](C)(C)C. The van der Waals surface area contributed by atoms with E-state index in [0.29, 0.717) is 24.1 Å². The fraction of sp³-hybridized carbons (Fsp3) is 0.558. The molecule has 8 nitrogen and oxygen atoms in total. The number of esters is 1. The number of nitrogens with zero attached hydrogens (tertiary/aromatic N) is 1. The molecule has 0 aliphatic heterocycles.